The van der Waals surface area contributed by atoms with Gasteiger partial charge in [0.15, 0.2) is 0 Å². The van der Waals surface area contributed by atoms with Crippen LogP contribution >= 0.6 is 0 Å². The van der Waals surface area contributed by atoms with Gasteiger partial charge in [-0.15, -0.1) is 0 Å². The van der Waals surface area contributed by atoms with Gasteiger partial charge < -0.3 is 4.98 Å². The van der Waals surface area contributed by atoms with Crippen LogP contribution in [0.2, 0.25) is 0 Å². The molecule has 0 aliphatic rings. The molecule has 0 atom stereocenters. The van der Waals surface area contributed by atoms with E-state index in [1.165, 1.54) is 0 Å². The lowest BCUT2D eigenvalue weighted by Crippen LogP contribution is -1.76. The second-order valence-electron chi connectivity index (χ2n) is 4.43. The molecular weight excluding hydrogens is 230 g/mol. The highest BCUT2D eigenvalue weighted by molar-refractivity contribution is 6.08. The molecule has 0 aliphatic heterocycles. The Labute approximate surface area is 118 Å². The standard InChI is InChI=1S/C18H13N/c1-2-6-13(7-3-1)14-10-11-18-16(12-14)15-8-4-5-9-17(15)19-18/h1-12,19H/i1D,2D,3D,6D,7D. The Hall–Kier alpha value is -2.54. The molecule has 4 rings (SSSR count). The molecule has 1 heterocycles. The molecule has 19 heavy (non-hydrogen) atoms. The van der Waals surface area contributed by atoms with Crippen LogP contribution in [-0.4, -0.2) is 4.98 Å². The predicted molar refractivity (Wildman–Crippen MR) is 81.2 cm³/mol. The van der Waals surface area contributed by atoms with E-state index in [-0.39, 0.29) is 35.8 Å². The molecule has 1 heteroatoms. The molecule has 0 amide bonds. The Kier molecular flexibility index (Phi) is 1.38. The molecule has 1 nitrogen and oxygen atoms in total. The van der Waals surface area contributed by atoms with Crippen molar-refractivity contribution in [1.82, 2.24) is 4.98 Å². The molecule has 0 aliphatic carbocycles. The number of benzene rings is 3. The van der Waals surface area contributed by atoms with Crippen LogP contribution in [0.15, 0.2) is 72.7 Å². The lowest BCUT2D eigenvalue weighted by atomic mass is 10.0. The smallest absolute Gasteiger partial charge is 0.0629 e. The van der Waals surface area contributed by atoms with Crippen LogP contribution in [0.25, 0.3) is 32.9 Å². The number of hydrogen-bond acceptors (Lipinski definition) is 0. The van der Waals surface area contributed by atoms with Gasteiger partial charge in [-0.25, -0.2) is 0 Å². The lowest BCUT2D eigenvalue weighted by molar-refractivity contribution is 1.54. The molecule has 0 fully saturated rings. The largest absolute Gasteiger partial charge is 0.355 e. The number of hydrogen-bond donors (Lipinski definition) is 1. The molecule has 0 saturated heterocycles. The normalized spacial score (nSPS) is 14.8. The van der Waals surface area contributed by atoms with E-state index in [1.54, 1.807) is 6.07 Å². The number of H-pyrrole nitrogens is 1. The van der Waals surface area contributed by atoms with E-state index < -0.39 is 0 Å². The third-order valence-electron chi connectivity index (χ3n) is 3.29. The molecule has 0 spiro atoms. The van der Waals surface area contributed by atoms with E-state index in [0.717, 1.165) is 21.8 Å². The summed E-state index contributed by atoms with van der Waals surface area (Å²) in [4.78, 5) is 3.32. The van der Waals surface area contributed by atoms with Crippen LogP contribution in [0.3, 0.4) is 0 Å². The van der Waals surface area contributed by atoms with Gasteiger partial charge in [0.05, 0.1) is 6.85 Å². The minimum absolute atomic E-state index is 0.180. The van der Waals surface area contributed by atoms with Crippen LogP contribution in [0.1, 0.15) is 6.85 Å². The van der Waals surface area contributed by atoms with Gasteiger partial charge in [0.1, 0.15) is 0 Å². The Morgan fingerprint density at radius 3 is 2.42 bits per heavy atom. The van der Waals surface area contributed by atoms with Crippen molar-refractivity contribution in [2.24, 2.45) is 0 Å². The molecule has 0 bridgehead atoms. The summed E-state index contributed by atoms with van der Waals surface area (Å²) in [5, 5.41) is 2.01. The average molecular weight is 248 g/mol. The molecule has 4 aromatic rings. The maximum absolute atomic E-state index is 8.13. The fraction of sp³-hybridized carbons (Fsp3) is 0. The third-order valence-corrected chi connectivity index (χ3v) is 3.29. The van der Waals surface area contributed by atoms with Gasteiger partial charge in [-0.05, 0) is 29.3 Å². The van der Waals surface area contributed by atoms with Crippen LogP contribution < -0.4 is 0 Å². The van der Waals surface area contributed by atoms with Gasteiger partial charge in [-0.2, -0.15) is 0 Å². The second kappa shape index (κ2) is 3.99. The maximum atomic E-state index is 8.13. The Balaban J connectivity index is 2.06. The molecule has 1 N–H and O–H groups in total. The van der Waals surface area contributed by atoms with Crippen LogP contribution in [0.4, 0.5) is 0 Å². The lowest BCUT2D eigenvalue weighted by Gasteiger charge is -2.01. The summed E-state index contributed by atoms with van der Waals surface area (Å²) in [5.74, 6) is 0. The summed E-state index contributed by atoms with van der Waals surface area (Å²) in [6.45, 7) is 0. The van der Waals surface area contributed by atoms with Gasteiger partial charge in [-0.3, -0.25) is 0 Å². The zero-order chi connectivity index (χ0) is 17.0. The molecule has 3 aromatic carbocycles. The Bertz CT molecular complexity index is 1080. The monoisotopic (exact) mass is 248 g/mol. The first kappa shape index (κ1) is 6.58. The summed E-state index contributed by atoms with van der Waals surface area (Å²) >= 11 is 0. The molecule has 0 unspecified atom stereocenters. The van der Waals surface area contributed by atoms with Gasteiger partial charge >= 0.3 is 0 Å². The van der Waals surface area contributed by atoms with E-state index in [9.17, 15) is 0 Å². The van der Waals surface area contributed by atoms with E-state index in [0.29, 0.717) is 5.56 Å². The van der Waals surface area contributed by atoms with Crippen molar-refractivity contribution in [2.75, 3.05) is 0 Å². The first-order valence-electron chi connectivity index (χ1n) is 8.57. The van der Waals surface area contributed by atoms with E-state index in [1.807, 2.05) is 36.4 Å². The molecule has 0 saturated carbocycles. The first-order chi connectivity index (χ1) is 11.5. The van der Waals surface area contributed by atoms with Crippen LogP contribution in [0.5, 0.6) is 0 Å². The van der Waals surface area contributed by atoms with Crippen molar-refractivity contribution in [1.29, 1.82) is 0 Å². The number of para-hydroxylation sites is 1. The summed E-state index contributed by atoms with van der Waals surface area (Å²) in [5.41, 5.74) is 2.80. The van der Waals surface area contributed by atoms with Crippen LogP contribution in [-0.2, 0) is 0 Å². The fourth-order valence-electron chi connectivity index (χ4n) is 2.40. The quantitative estimate of drug-likeness (QED) is 0.488. The fourth-order valence-corrected chi connectivity index (χ4v) is 2.40. The first-order valence-corrected chi connectivity index (χ1v) is 6.07. The predicted octanol–water partition coefficient (Wildman–Crippen LogP) is 4.99. The molecule has 1 aromatic heterocycles. The topological polar surface area (TPSA) is 15.8 Å². The zero-order valence-electron chi connectivity index (χ0n) is 15.0. The van der Waals surface area contributed by atoms with Gasteiger partial charge in [0.2, 0.25) is 0 Å². The summed E-state index contributed by atoms with van der Waals surface area (Å²) in [6.07, 6.45) is 0. The van der Waals surface area contributed by atoms with Crippen LogP contribution in [0, 0.1) is 0 Å². The summed E-state index contributed by atoms with van der Waals surface area (Å²) < 4.78 is 39.6. The second-order valence-corrected chi connectivity index (χ2v) is 4.43. The van der Waals surface area contributed by atoms with Crippen molar-refractivity contribution in [3.05, 3.63) is 72.7 Å². The number of nitrogens with one attached hydrogen (secondary N) is 1. The molecular formula is C18H13N. The van der Waals surface area contributed by atoms with Gasteiger partial charge in [0, 0.05) is 21.8 Å². The SMILES string of the molecule is [2H]c1c([2H])c([2H])c(-c2ccc3[nH]c4ccccc4c3c2)c([2H])c1[2H]. The van der Waals surface area contributed by atoms with Crippen molar-refractivity contribution in [3.8, 4) is 11.1 Å². The maximum Gasteiger partial charge on any atom is 0.0629 e. The van der Waals surface area contributed by atoms with E-state index in [2.05, 4.69) is 4.98 Å². The summed E-state index contributed by atoms with van der Waals surface area (Å²) in [7, 11) is 0. The number of aromatic nitrogens is 1. The van der Waals surface area contributed by atoms with E-state index in [4.69, 9.17) is 6.85 Å². The van der Waals surface area contributed by atoms with Crippen molar-refractivity contribution < 1.29 is 6.85 Å². The van der Waals surface area contributed by atoms with Crippen molar-refractivity contribution in [2.45, 2.75) is 0 Å². The highest BCUT2D eigenvalue weighted by Crippen LogP contribution is 2.29. The number of rotatable bonds is 1. The number of fused-ring (bicyclic) bond motifs is 3. The van der Waals surface area contributed by atoms with Crippen molar-refractivity contribution >= 4 is 21.8 Å². The molecule has 90 valence electrons. The Morgan fingerprint density at radius 1 is 0.737 bits per heavy atom. The highest BCUT2D eigenvalue weighted by Gasteiger charge is 2.05. The zero-order valence-corrected chi connectivity index (χ0v) is 10.0. The number of aromatic amines is 1. The van der Waals surface area contributed by atoms with E-state index >= 15 is 0 Å². The van der Waals surface area contributed by atoms with Crippen molar-refractivity contribution in [3.63, 3.8) is 0 Å². The minimum Gasteiger partial charge on any atom is -0.355 e. The minimum atomic E-state index is -0.373. The Morgan fingerprint density at radius 2 is 1.53 bits per heavy atom. The highest BCUT2D eigenvalue weighted by atomic mass is 14.7. The van der Waals surface area contributed by atoms with Gasteiger partial charge in [0.25, 0.3) is 0 Å². The molecule has 0 radical (unpaired) electrons. The summed E-state index contributed by atoms with van der Waals surface area (Å²) in [6, 6.07) is 12.1. The average Bonchev–Trinajstić information content (AvgIpc) is 2.96. The third kappa shape index (κ3) is 1.63. The van der Waals surface area contributed by atoms with Gasteiger partial charge in [-0.1, -0.05) is 54.5 Å².